The summed E-state index contributed by atoms with van der Waals surface area (Å²) in [5, 5.41) is 0. The highest BCUT2D eigenvalue weighted by Gasteiger charge is 2.21. The Balaban J connectivity index is 2.22. The molecule has 2 rings (SSSR count). The third-order valence-electron chi connectivity index (χ3n) is 3.38. The third kappa shape index (κ3) is 3.68. The molecule has 22 heavy (non-hydrogen) atoms. The number of amides is 1. The molecule has 0 aliphatic rings. The predicted molar refractivity (Wildman–Crippen MR) is 88.9 cm³/mol. The molecule has 0 unspecified atom stereocenters. The van der Waals surface area contributed by atoms with E-state index in [-0.39, 0.29) is 11.9 Å². The van der Waals surface area contributed by atoms with Crippen molar-refractivity contribution >= 4 is 21.8 Å². The maximum atomic E-state index is 12.6. The van der Waals surface area contributed by atoms with Gasteiger partial charge in [-0.3, -0.25) is 4.79 Å². The maximum Gasteiger partial charge on any atom is 0.274 e. The van der Waals surface area contributed by atoms with E-state index in [1.54, 1.807) is 29.1 Å². The molecule has 0 spiro atoms. The van der Waals surface area contributed by atoms with Crippen molar-refractivity contribution in [2.24, 2.45) is 7.05 Å². The predicted octanol–water partition coefficient (Wildman–Crippen LogP) is 3.24. The first kappa shape index (κ1) is 16.5. The van der Waals surface area contributed by atoms with E-state index in [0.717, 1.165) is 15.8 Å². The first-order chi connectivity index (χ1) is 10.4. The summed E-state index contributed by atoms with van der Waals surface area (Å²) in [6.07, 6.45) is 3.37. The fourth-order valence-electron chi connectivity index (χ4n) is 2.16. The van der Waals surface area contributed by atoms with Crippen molar-refractivity contribution in [3.8, 4) is 5.75 Å². The first-order valence-corrected chi connectivity index (χ1v) is 7.83. The maximum absolute atomic E-state index is 12.6. The molecule has 1 heterocycles. The zero-order chi connectivity index (χ0) is 16.3. The van der Waals surface area contributed by atoms with Crippen molar-refractivity contribution < 1.29 is 9.53 Å². The second-order valence-electron chi connectivity index (χ2n) is 5.42. The van der Waals surface area contributed by atoms with Gasteiger partial charge in [0.1, 0.15) is 11.4 Å². The Morgan fingerprint density at radius 1 is 1.45 bits per heavy atom. The molecule has 0 bridgehead atoms. The molecule has 5 nitrogen and oxygen atoms in total. The standard InChI is InChI=1S/C16H20BrN3O2/c1-11(2)20(16(21)14-9-19(3)10-18-14)8-12-5-6-15(22-4)13(17)7-12/h5-7,9-11H,8H2,1-4H3. The topological polar surface area (TPSA) is 47.4 Å². The summed E-state index contributed by atoms with van der Waals surface area (Å²) in [7, 11) is 3.48. The number of methoxy groups -OCH3 is 1. The number of rotatable bonds is 5. The van der Waals surface area contributed by atoms with E-state index < -0.39 is 0 Å². The first-order valence-electron chi connectivity index (χ1n) is 7.03. The fraction of sp³-hybridized carbons (Fsp3) is 0.375. The molecule has 2 aromatic rings. The Morgan fingerprint density at radius 3 is 2.68 bits per heavy atom. The minimum atomic E-state index is -0.0671. The zero-order valence-corrected chi connectivity index (χ0v) is 14.8. The third-order valence-corrected chi connectivity index (χ3v) is 4.00. The highest BCUT2D eigenvalue weighted by Crippen LogP contribution is 2.26. The number of hydrogen-bond donors (Lipinski definition) is 0. The van der Waals surface area contributed by atoms with Crippen LogP contribution in [0.5, 0.6) is 5.75 Å². The van der Waals surface area contributed by atoms with E-state index in [0.29, 0.717) is 12.2 Å². The number of carbonyl (C=O) groups excluding carboxylic acids is 1. The Morgan fingerprint density at radius 2 is 2.18 bits per heavy atom. The van der Waals surface area contributed by atoms with Crippen molar-refractivity contribution in [3.05, 3.63) is 46.5 Å². The van der Waals surface area contributed by atoms with E-state index in [9.17, 15) is 4.79 Å². The number of nitrogens with zero attached hydrogens (tertiary/aromatic N) is 3. The largest absolute Gasteiger partial charge is 0.496 e. The summed E-state index contributed by atoms with van der Waals surface area (Å²) in [6, 6.07) is 5.91. The van der Waals surface area contributed by atoms with Crippen LogP contribution in [0.3, 0.4) is 0 Å². The monoisotopic (exact) mass is 365 g/mol. The molecule has 6 heteroatoms. The molecule has 118 valence electrons. The van der Waals surface area contributed by atoms with Gasteiger partial charge < -0.3 is 14.2 Å². The highest BCUT2D eigenvalue weighted by atomic mass is 79.9. The number of aromatic nitrogens is 2. The van der Waals surface area contributed by atoms with Crippen LogP contribution in [0.4, 0.5) is 0 Å². The molecule has 0 radical (unpaired) electrons. The summed E-state index contributed by atoms with van der Waals surface area (Å²) >= 11 is 3.48. The van der Waals surface area contributed by atoms with Gasteiger partial charge in [-0.25, -0.2) is 4.98 Å². The molecule has 0 saturated carbocycles. The van der Waals surface area contributed by atoms with E-state index >= 15 is 0 Å². The second kappa shape index (κ2) is 6.96. The van der Waals surface area contributed by atoms with Gasteiger partial charge in [0, 0.05) is 25.8 Å². The summed E-state index contributed by atoms with van der Waals surface area (Å²) in [5.74, 6) is 0.707. The van der Waals surface area contributed by atoms with Crippen LogP contribution in [0.25, 0.3) is 0 Å². The molecule has 0 aliphatic heterocycles. The van der Waals surface area contributed by atoms with Crippen molar-refractivity contribution in [3.63, 3.8) is 0 Å². The van der Waals surface area contributed by atoms with Crippen LogP contribution in [0.2, 0.25) is 0 Å². The molecule has 0 N–H and O–H groups in total. The normalized spacial score (nSPS) is 10.8. The molecule has 1 amide bonds. The van der Waals surface area contributed by atoms with Gasteiger partial charge in [0.05, 0.1) is 17.9 Å². The molecule has 1 aromatic heterocycles. The van der Waals surface area contributed by atoms with E-state index in [1.807, 2.05) is 39.1 Å². The van der Waals surface area contributed by atoms with Crippen LogP contribution < -0.4 is 4.74 Å². The Hall–Kier alpha value is -1.82. The molecule has 0 fully saturated rings. The van der Waals surface area contributed by atoms with Crippen LogP contribution in [-0.2, 0) is 13.6 Å². The van der Waals surface area contributed by atoms with E-state index in [2.05, 4.69) is 20.9 Å². The van der Waals surface area contributed by atoms with Gasteiger partial charge in [0.15, 0.2) is 0 Å². The lowest BCUT2D eigenvalue weighted by Crippen LogP contribution is -2.36. The molecule has 1 aromatic carbocycles. The van der Waals surface area contributed by atoms with Crippen molar-refractivity contribution in [2.75, 3.05) is 7.11 Å². The molecule has 0 aliphatic carbocycles. The van der Waals surface area contributed by atoms with Crippen LogP contribution in [0.1, 0.15) is 29.9 Å². The molecular weight excluding hydrogens is 346 g/mol. The smallest absolute Gasteiger partial charge is 0.274 e. The average Bonchev–Trinajstić information content (AvgIpc) is 2.90. The number of halogens is 1. The number of hydrogen-bond acceptors (Lipinski definition) is 3. The van der Waals surface area contributed by atoms with Crippen LogP contribution >= 0.6 is 15.9 Å². The van der Waals surface area contributed by atoms with Gasteiger partial charge in [-0.05, 0) is 47.5 Å². The number of aryl methyl sites for hydroxylation is 1. The number of ether oxygens (including phenoxy) is 1. The quantitative estimate of drug-likeness (QED) is 0.816. The van der Waals surface area contributed by atoms with Gasteiger partial charge >= 0.3 is 0 Å². The van der Waals surface area contributed by atoms with Gasteiger partial charge in [-0.1, -0.05) is 6.07 Å². The van der Waals surface area contributed by atoms with E-state index in [1.165, 1.54) is 0 Å². The van der Waals surface area contributed by atoms with Crippen molar-refractivity contribution in [1.82, 2.24) is 14.5 Å². The molecule has 0 atom stereocenters. The minimum Gasteiger partial charge on any atom is -0.496 e. The summed E-state index contributed by atoms with van der Waals surface area (Å²) in [4.78, 5) is 18.6. The highest BCUT2D eigenvalue weighted by molar-refractivity contribution is 9.10. The minimum absolute atomic E-state index is 0.0671. The van der Waals surface area contributed by atoms with E-state index in [4.69, 9.17) is 4.74 Å². The van der Waals surface area contributed by atoms with Crippen molar-refractivity contribution in [2.45, 2.75) is 26.4 Å². The Labute approximate surface area is 139 Å². The average molecular weight is 366 g/mol. The summed E-state index contributed by atoms with van der Waals surface area (Å²) in [5.41, 5.74) is 1.49. The Kier molecular flexibility index (Phi) is 5.24. The number of benzene rings is 1. The lowest BCUT2D eigenvalue weighted by Gasteiger charge is -2.26. The zero-order valence-electron chi connectivity index (χ0n) is 13.2. The van der Waals surface area contributed by atoms with Crippen LogP contribution in [0.15, 0.2) is 35.2 Å². The van der Waals surface area contributed by atoms with Gasteiger partial charge in [0.25, 0.3) is 5.91 Å². The van der Waals surface area contributed by atoms with Gasteiger partial charge in [-0.2, -0.15) is 0 Å². The molecule has 0 saturated heterocycles. The SMILES string of the molecule is COc1ccc(CN(C(=O)c2cn(C)cn2)C(C)C)cc1Br. The van der Waals surface area contributed by atoms with Crippen molar-refractivity contribution in [1.29, 1.82) is 0 Å². The van der Waals surface area contributed by atoms with Gasteiger partial charge in [0.2, 0.25) is 0 Å². The molecular formula is C16H20BrN3O2. The van der Waals surface area contributed by atoms with Gasteiger partial charge in [-0.15, -0.1) is 0 Å². The summed E-state index contributed by atoms with van der Waals surface area (Å²) < 4.78 is 7.88. The summed E-state index contributed by atoms with van der Waals surface area (Å²) in [6.45, 7) is 4.52. The second-order valence-corrected chi connectivity index (χ2v) is 6.27. The van der Waals surface area contributed by atoms with Crippen LogP contribution in [0, 0.1) is 0 Å². The number of imidazole rings is 1. The lowest BCUT2D eigenvalue weighted by molar-refractivity contribution is 0.0684. The van der Waals surface area contributed by atoms with Crippen LogP contribution in [-0.4, -0.2) is 33.5 Å². The lowest BCUT2D eigenvalue weighted by atomic mass is 10.1. The Bertz CT molecular complexity index is 667. The fourth-order valence-corrected chi connectivity index (χ4v) is 2.75. The number of carbonyl (C=O) groups is 1.